The number of benzene rings is 2. The third-order valence-electron chi connectivity index (χ3n) is 3.10. The molecular formula is C17H12FNO2. The van der Waals surface area contributed by atoms with Crippen LogP contribution in [0.3, 0.4) is 0 Å². The highest BCUT2D eigenvalue weighted by molar-refractivity contribution is 6.07. The van der Waals surface area contributed by atoms with Crippen LogP contribution in [0.1, 0.15) is 16.1 Å². The van der Waals surface area contributed by atoms with E-state index in [4.69, 9.17) is 10.2 Å². The van der Waals surface area contributed by atoms with Crippen molar-refractivity contribution in [1.82, 2.24) is 0 Å². The molecule has 0 radical (unpaired) electrons. The average molecular weight is 281 g/mol. The van der Waals surface area contributed by atoms with E-state index in [0.29, 0.717) is 11.1 Å². The smallest absolute Gasteiger partial charge is 0.221 e. The van der Waals surface area contributed by atoms with Crippen molar-refractivity contribution in [2.45, 2.75) is 0 Å². The van der Waals surface area contributed by atoms with E-state index in [1.807, 2.05) is 0 Å². The topological polar surface area (TPSA) is 56.2 Å². The van der Waals surface area contributed by atoms with Crippen LogP contribution in [-0.2, 0) is 0 Å². The molecule has 0 spiro atoms. The van der Waals surface area contributed by atoms with E-state index in [0.717, 1.165) is 5.56 Å². The fourth-order valence-corrected chi connectivity index (χ4v) is 2.01. The predicted octanol–water partition coefficient (Wildman–Crippen LogP) is 4.05. The van der Waals surface area contributed by atoms with Gasteiger partial charge in [-0.1, -0.05) is 30.3 Å². The standard InChI is InChI=1S/C17H12FNO2/c18-14-3-1-2-12-10-16(21-17(12)14)15(20)9-6-11-4-7-13(19)8-5-11/h1-10H,19H2/b9-6+. The molecule has 0 aliphatic rings. The maximum absolute atomic E-state index is 13.5. The van der Waals surface area contributed by atoms with E-state index >= 15 is 0 Å². The molecule has 21 heavy (non-hydrogen) atoms. The van der Waals surface area contributed by atoms with Crippen molar-refractivity contribution in [3.63, 3.8) is 0 Å². The van der Waals surface area contributed by atoms with Gasteiger partial charge in [-0.25, -0.2) is 4.39 Å². The Balaban J connectivity index is 1.86. The van der Waals surface area contributed by atoms with Crippen LogP contribution in [0.15, 0.2) is 59.0 Å². The Morgan fingerprint density at radius 1 is 1.14 bits per heavy atom. The van der Waals surface area contributed by atoms with Crippen LogP contribution in [-0.4, -0.2) is 5.78 Å². The highest BCUT2D eigenvalue weighted by Crippen LogP contribution is 2.22. The molecule has 2 aromatic carbocycles. The van der Waals surface area contributed by atoms with Gasteiger partial charge in [0.2, 0.25) is 5.78 Å². The molecule has 3 nitrogen and oxygen atoms in total. The molecule has 0 unspecified atom stereocenters. The summed E-state index contributed by atoms with van der Waals surface area (Å²) in [6.45, 7) is 0. The van der Waals surface area contributed by atoms with Gasteiger partial charge in [0.05, 0.1) is 0 Å². The lowest BCUT2D eigenvalue weighted by Crippen LogP contribution is -1.90. The summed E-state index contributed by atoms with van der Waals surface area (Å²) in [7, 11) is 0. The summed E-state index contributed by atoms with van der Waals surface area (Å²) < 4.78 is 18.8. The van der Waals surface area contributed by atoms with Crippen LogP contribution in [0.25, 0.3) is 17.0 Å². The Morgan fingerprint density at radius 3 is 2.62 bits per heavy atom. The number of furan rings is 1. The number of carbonyl (C=O) groups is 1. The Morgan fingerprint density at radius 2 is 1.90 bits per heavy atom. The minimum absolute atomic E-state index is 0.0988. The number of ketones is 1. The van der Waals surface area contributed by atoms with Gasteiger partial charge in [-0.3, -0.25) is 4.79 Å². The molecule has 104 valence electrons. The number of carbonyl (C=O) groups excluding carboxylic acids is 1. The zero-order valence-electron chi connectivity index (χ0n) is 11.0. The summed E-state index contributed by atoms with van der Waals surface area (Å²) in [5, 5.41) is 0.569. The molecule has 3 rings (SSSR count). The minimum atomic E-state index is -0.478. The molecule has 0 fully saturated rings. The van der Waals surface area contributed by atoms with Crippen molar-refractivity contribution in [2.24, 2.45) is 0 Å². The van der Waals surface area contributed by atoms with E-state index in [2.05, 4.69) is 0 Å². The van der Waals surface area contributed by atoms with E-state index in [1.165, 1.54) is 18.2 Å². The first-order valence-corrected chi connectivity index (χ1v) is 6.39. The van der Waals surface area contributed by atoms with Crippen LogP contribution < -0.4 is 5.73 Å². The first-order valence-electron chi connectivity index (χ1n) is 6.39. The van der Waals surface area contributed by atoms with Gasteiger partial charge in [0, 0.05) is 11.1 Å². The van der Waals surface area contributed by atoms with E-state index < -0.39 is 5.82 Å². The highest BCUT2D eigenvalue weighted by Gasteiger charge is 2.12. The Hall–Kier alpha value is -2.88. The fourth-order valence-electron chi connectivity index (χ4n) is 2.01. The number of allylic oxidation sites excluding steroid dienone is 1. The van der Waals surface area contributed by atoms with Gasteiger partial charge >= 0.3 is 0 Å². The third kappa shape index (κ3) is 2.69. The highest BCUT2D eigenvalue weighted by atomic mass is 19.1. The first kappa shape index (κ1) is 13.1. The summed E-state index contributed by atoms with van der Waals surface area (Å²) in [6, 6.07) is 13.2. The second-order valence-electron chi connectivity index (χ2n) is 4.63. The zero-order valence-corrected chi connectivity index (χ0v) is 11.0. The maximum atomic E-state index is 13.5. The number of hydrogen-bond acceptors (Lipinski definition) is 3. The molecule has 0 saturated carbocycles. The average Bonchev–Trinajstić information content (AvgIpc) is 2.92. The number of anilines is 1. The van der Waals surface area contributed by atoms with Crippen molar-refractivity contribution in [2.75, 3.05) is 5.73 Å². The van der Waals surface area contributed by atoms with Crippen LogP contribution in [0.5, 0.6) is 0 Å². The van der Waals surface area contributed by atoms with Crippen LogP contribution >= 0.6 is 0 Å². The minimum Gasteiger partial charge on any atom is -0.450 e. The number of halogens is 1. The molecule has 2 N–H and O–H groups in total. The Labute approximate surface area is 120 Å². The monoisotopic (exact) mass is 281 g/mol. The lowest BCUT2D eigenvalue weighted by atomic mass is 10.1. The predicted molar refractivity (Wildman–Crippen MR) is 80.4 cm³/mol. The number of nitrogen functional groups attached to an aromatic ring is 1. The number of fused-ring (bicyclic) bond motifs is 1. The van der Waals surface area contributed by atoms with Gasteiger partial charge in [0.25, 0.3) is 0 Å². The SMILES string of the molecule is Nc1ccc(/C=C/C(=O)c2cc3cccc(F)c3o2)cc1. The molecule has 1 heterocycles. The molecule has 3 aromatic rings. The van der Waals surface area contributed by atoms with Crippen LogP contribution in [0.2, 0.25) is 0 Å². The molecule has 0 atom stereocenters. The first-order chi connectivity index (χ1) is 10.1. The van der Waals surface area contributed by atoms with Crippen molar-refractivity contribution >= 4 is 28.5 Å². The van der Waals surface area contributed by atoms with E-state index in [1.54, 1.807) is 42.5 Å². The molecule has 0 aliphatic carbocycles. The molecule has 0 aliphatic heterocycles. The summed E-state index contributed by atoms with van der Waals surface area (Å²) in [6.07, 6.45) is 3.05. The molecule has 1 aromatic heterocycles. The largest absolute Gasteiger partial charge is 0.450 e. The normalized spacial score (nSPS) is 11.3. The van der Waals surface area contributed by atoms with Crippen molar-refractivity contribution < 1.29 is 13.6 Å². The lowest BCUT2D eigenvalue weighted by molar-refractivity contribution is 0.102. The summed E-state index contributed by atoms with van der Waals surface area (Å²) in [5.74, 6) is -0.682. The molecule has 4 heteroatoms. The van der Waals surface area contributed by atoms with Crippen molar-refractivity contribution in [3.8, 4) is 0 Å². The number of rotatable bonds is 3. The quantitative estimate of drug-likeness (QED) is 0.447. The Bertz CT molecular complexity index is 832. The summed E-state index contributed by atoms with van der Waals surface area (Å²) in [5.41, 5.74) is 7.19. The summed E-state index contributed by atoms with van der Waals surface area (Å²) >= 11 is 0. The Kier molecular flexibility index (Phi) is 3.28. The van der Waals surface area contributed by atoms with Crippen molar-refractivity contribution in [3.05, 3.63) is 71.7 Å². The second kappa shape index (κ2) is 5.25. The van der Waals surface area contributed by atoms with E-state index in [-0.39, 0.29) is 17.1 Å². The van der Waals surface area contributed by atoms with Gasteiger partial charge in [-0.2, -0.15) is 0 Å². The number of para-hydroxylation sites is 1. The van der Waals surface area contributed by atoms with Crippen molar-refractivity contribution in [1.29, 1.82) is 0 Å². The molecule has 0 saturated heterocycles. The second-order valence-corrected chi connectivity index (χ2v) is 4.63. The van der Waals surface area contributed by atoms with Crippen LogP contribution in [0, 0.1) is 5.82 Å². The third-order valence-corrected chi connectivity index (χ3v) is 3.10. The fraction of sp³-hybridized carbons (Fsp3) is 0. The maximum Gasteiger partial charge on any atom is 0.221 e. The summed E-state index contributed by atoms with van der Waals surface area (Å²) in [4.78, 5) is 12.0. The van der Waals surface area contributed by atoms with Gasteiger partial charge in [0.1, 0.15) is 0 Å². The van der Waals surface area contributed by atoms with Crippen LogP contribution in [0.4, 0.5) is 10.1 Å². The molecule has 0 bridgehead atoms. The van der Waals surface area contributed by atoms with E-state index in [9.17, 15) is 9.18 Å². The zero-order chi connectivity index (χ0) is 14.8. The number of nitrogens with two attached hydrogens (primary N) is 1. The number of hydrogen-bond donors (Lipinski definition) is 1. The lowest BCUT2D eigenvalue weighted by Gasteiger charge is -1.94. The van der Waals surface area contributed by atoms with Gasteiger partial charge in [0.15, 0.2) is 17.2 Å². The van der Waals surface area contributed by atoms with Gasteiger partial charge in [-0.05, 0) is 35.9 Å². The van der Waals surface area contributed by atoms with Gasteiger partial charge in [-0.15, -0.1) is 0 Å². The molecule has 0 amide bonds. The van der Waals surface area contributed by atoms with Gasteiger partial charge < -0.3 is 10.2 Å². The molecular weight excluding hydrogens is 269 g/mol.